The van der Waals surface area contributed by atoms with Crippen LogP contribution in [0.4, 0.5) is 0 Å². The molecule has 2 aromatic rings. The highest BCUT2D eigenvalue weighted by Crippen LogP contribution is 2.00. The first-order valence-electron chi connectivity index (χ1n) is 4.71. The predicted molar refractivity (Wildman–Crippen MR) is 63.8 cm³/mol. The Balaban J connectivity index is 0.00000128. The maximum absolute atomic E-state index is 4.99. The van der Waals surface area contributed by atoms with E-state index in [4.69, 9.17) is 4.52 Å². The van der Waals surface area contributed by atoms with Crippen molar-refractivity contribution in [2.24, 2.45) is 0 Å². The molecular formula is C9H13ClN4OS. The number of aromatic nitrogens is 3. The van der Waals surface area contributed by atoms with Crippen molar-refractivity contribution >= 4 is 23.7 Å². The van der Waals surface area contributed by atoms with Crippen LogP contribution < -0.4 is 5.32 Å². The maximum atomic E-state index is 4.99. The largest absolute Gasteiger partial charge is 0.339 e. The molecule has 0 amide bonds. The molecule has 2 aromatic heterocycles. The fourth-order valence-electron chi connectivity index (χ4n) is 1.18. The molecule has 88 valence electrons. The lowest BCUT2D eigenvalue weighted by atomic mass is 10.4. The molecule has 0 saturated carbocycles. The van der Waals surface area contributed by atoms with Crippen molar-refractivity contribution in [2.45, 2.75) is 19.9 Å². The van der Waals surface area contributed by atoms with Crippen molar-refractivity contribution in [3.8, 4) is 0 Å². The zero-order valence-corrected chi connectivity index (χ0v) is 10.5. The van der Waals surface area contributed by atoms with Gasteiger partial charge in [0, 0.05) is 24.9 Å². The molecule has 1 N–H and O–H groups in total. The molecule has 0 fully saturated rings. The molecule has 0 saturated heterocycles. The smallest absolute Gasteiger partial charge is 0.227 e. The molecule has 0 aliphatic rings. The summed E-state index contributed by atoms with van der Waals surface area (Å²) < 4.78 is 4.99. The number of hydrogen-bond acceptors (Lipinski definition) is 6. The Kier molecular flexibility index (Phi) is 5.37. The predicted octanol–water partition coefficient (Wildman–Crippen LogP) is 1.59. The fraction of sp³-hybridized carbons (Fsp3) is 0.444. The van der Waals surface area contributed by atoms with Crippen LogP contribution in [0, 0.1) is 6.92 Å². The highest BCUT2D eigenvalue weighted by atomic mass is 35.5. The lowest BCUT2D eigenvalue weighted by molar-refractivity contribution is 0.372. The summed E-state index contributed by atoms with van der Waals surface area (Å²) in [5.74, 6) is 1.36. The van der Waals surface area contributed by atoms with Crippen LogP contribution in [0.2, 0.25) is 0 Å². The zero-order valence-electron chi connectivity index (χ0n) is 8.84. The summed E-state index contributed by atoms with van der Waals surface area (Å²) in [6, 6.07) is 0. The molecule has 0 aromatic carbocycles. The van der Waals surface area contributed by atoms with Gasteiger partial charge in [-0.2, -0.15) is 4.98 Å². The van der Waals surface area contributed by atoms with E-state index in [1.807, 2.05) is 17.8 Å². The summed E-state index contributed by atoms with van der Waals surface area (Å²) in [6.45, 7) is 3.42. The maximum Gasteiger partial charge on any atom is 0.227 e. The van der Waals surface area contributed by atoms with Gasteiger partial charge in [-0.05, 0) is 6.92 Å². The quantitative estimate of drug-likeness (QED) is 0.827. The number of nitrogens with one attached hydrogen (secondary N) is 1. The molecule has 2 rings (SSSR count). The lowest BCUT2D eigenvalue weighted by Crippen LogP contribution is -2.16. The van der Waals surface area contributed by atoms with Crippen LogP contribution in [-0.2, 0) is 13.0 Å². The Morgan fingerprint density at radius 3 is 3.00 bits per heavy atom. The van der Waals surface area contributed by atoms with Gasteiger partial charge in [-0.15, -0.1) is 23.7 Å². The van der Waals surface area contributed by atoms with Gasteiger partial charge < -0.3 is 9.84 Å². The Morgan fingerprint density at radius 1 is 1.50 bits per heavy atom. The summed E-state index contributed by atoms with van der Waals surface area (Å²) in [5.41, 5.74) is 2.90. The van der Waals surface area contributed by atoms with Gasteiger partial charge in [0.1, 0.15) is 0 Å². The third kappa shape index (κ3) is 3.88. The SMILES string of the molecule is Cc1noc(CCNCc2cscn2)n1.Cl. The van der Waals surface area contributed by atoms with Crippen LogP contribution in [0.1, 0.15) is 17.4 Å². The number of aryl methyl sites for hydroxylation is 1. The minimum absolute atomic E-state index is 0. The highest BCUT2D eigenvalue weighted by molar-refractivity contribution is 7.07. The van der Waals surface area contributed by atoms with E-state index in [1.54, 1.807) is 11.3 Å². The van der Waals surface area contributed by atoms with Gasteiger partial charge in [-0.1, -0.05) is 5.16 Å². The van der Waals surface area contributed by atoms with Crippen LogP contribution in [0.25, 0.3) is 0 Å². The van der Waals surface area contributed by atoms with Crippen molar-refractivity contribution in [2.75, 3.05) is 6.54 Å². The van der Waals surface area contributed by atoms with E-state index in [0.717, 1.165) is 25.2 Å². The normalized spacial score (nSPS) is 10.1. The van der Waals surface area contributed by atoms with E-state index >= 15 is 0 Å². The number of halogens is 1. The van der Waals surface area contributed by atoms with Crippen molar-refractivity contribution in [1.82, 2.24) is 20.4 Å². The Hall–Kier alpha value is -0.980. The van der Waals surface area contributed by atoms with Crippen LogP contribution in [0.5, 0.6) is 0 Å². The van der Waals surface area contributed by atoms with E-state index in [9.17, 15) is 0 Å². The average Bonchev–Trinajstić information content (AvgIpc) is 2.84. The van der Waals surface area contributed by atoms with E-state index < -0.39 is 0 Å². The molecule has 0 atom stereocenters. The van der Waals surface area contributed by atoms with Gasteiger partial charge in [0.2, 0.25) is 5.89 Å². The Labute approximate surface area is 104 Å². The van der Waals surface area contributed by atoms with E-state index in [1.165, 1.54) is 0 Å². The highest BCUT2D eigenvalue weighted by Gasteiger charge is 2.01. The van der Waals surface area contributed by atoms with Crippen molar-refractivity contribution in [1.29, 1.82) is 0 Å². The van der Waals surface area contributed by atoms with Crippen molar-refractivity contribution < 1.29 is 4.52 Å². The van der Waals surface area contributed by atoms with Gasteiger partial charge in [-0.25, -0.2) is 4.98 Å². The van der Waals surface area contributed by atoms with Gasteiger partial charge >= 0.3 is 0 Å². The third-order valence-corrected chi connectivity index (χ3v) is 2.51. The summed E-state index contributed by atoms with van der Waals surface area (Å²) in [6.07, 6.45) is 0.755. The molecule has 0 unspecified atom stereocenters. The number of hydrogen-bond donors (Lipinski definition) is 1. The molecule has 2 heterocycles. The first kappa shape index (κ1) is 13.1. The third-order valence-electron chi connectivity index (χ3n) is 1.87. The standard InChI is InChI=1S/C9H12N4OS.ClH/c1-7-12-9(14-13-7)2-3-10-4-8-5-15-6-11-8;/h5-6,10H,2-4H2,1H3;1H. The van der Waals surface area contributed by atoms with E-state index in [-0.39, 0.29) is 12.4 Å². The molecular weight excluding hydrogens is 248 g/mol. The van der Waals surface area contributed by atoms with E-state index in [0.29, 0.717) is 11.7 Å². The first-order chi connectivity index (χ1) is 7.34. The van der Waals surface area contributed by atoms with Gasteiger partial charge in [0.05, 0.1) is 11.2 Å². The van der Waals surface area contributed by atoms with Crippen molar-refractivity contribution in [3.63, 3.8) is 0 Å². The molecule has 0 aliphatic carbocycles. The van der Waals surface area contributed by atoms with Gasteiger partial charge in [0.25, 0.3) is 0 Å². The lowest BCUT2D eigenvalue weighted by Gasteiger charge is -1.98. The molecule has 5 nitrogen and oxygen atoms in total. The number of rotatable bonds is 5. The summed E-state index contributed by atoms with van der Waals surface area (Å²) in [7, 11) is 0. The van der Waals surface area contributed by atoms with E-state index in [2.05, 4.69) is 20.4 Å². The second-order valence-corrected chi connectivity index (χ2v) is 3.86. The fourth-order valence-corrected chi connectivity index (χ4v) is 1.74. The number of nitrogens with zero attached hydrogens (tertiary/aromatic N) is 3. The molecule has 0 aliphatic heterocycles. The van der Waals surface area contributed by atoms with Gasteiger partial charge in [-0.3, -0.25) is 0 Å². The molecule has 0 radical (unpaired) electrons. The monoisotopic (exact) mass is 260 g/mol. The summed E-state index contributed by atoms with van der Waals surface area (Å²) in [5, 5.41) is 9.01. The van der Waals surface area contributed by atoms with Crippen molar-refractivity contribution in [3.05, 3.63) is 28.3 Å². The van der Waals surface area contributed by atoms with Crippen LogP contribution in [0.3, 0.4) is 0 Å². The minimum atomic E-state index is 0. The molecule has 7 heteroatoms. The minimum Gasteiger partial charge on any atom is -0.339 e. The van der Waals surface area contributed by atoms with Crippen LogP contribution in [0.15, 0.2) is 15.4 Å². The first-order valence-corrected chi connectivity index (χ1v) is 5.66. The second-order valence-electron chi connectivity index (χ2n) is 3.14. The molecule has 0 bridgehead atoms. The Morgan fingerprint density at radius 2 is 2.38 bits per heavy atom. The van der Waals surface area contributed by atoms with Gasteiger partial charge in [0.15, 0.2) is 5.82 Å². The molecule has 16 heavy (non-hydrogen) atoms. The second kappa shape index (κ2) is 6.57. The summed E-state index contributed by atoms with van der Waals surface area (Å²) in [4.78, 5) is 8.28. The Bertz CT molecular complexity index is 403. The topological polar surface area (TPSA) is 63.8 Å². The average molecular weight is 261 g/mol. The number of thiazole rings is 1. The molecule has 0 spiro atoms. The zero-order chi connectivity index (χ0) is 10.5. The van der Waals surface area contributed by atoms with Crippen LogP contribution >= 0.6 is 23.7 Å². The van der Waals surface area contributed by atoms with Crippen LogP contribution in [-0.4, -0.2) is 21.7 Å². The summed E-state index contributed by atoms with van der Waals surface area (Å²) >= 11 is 1.61.